The van der Waals surface area contributed by atoms with E-state index in [9.17, 15) is 27.0 Å². The molecule has 0 bridgehead atoms. The molecule has 2 amide bonds. The molecule has 0 aliphatic heterocycles. The minimum atomic E-state index is -2.48. The number of nitrogens with zero attached hydrogens (tertiary/aromatic N) is 1. The smallest absolute Gasteiger partial charge is 0.318 e. The Labute approximate surface area is 243 Å². The summed E-state index contributed by atoms with van der Waals surface area (Å²) in [5.41, 5.74) is 0.418. The molecule has 0 spiro atoms. The lowest BCUT2D eigenvalue weighted by Gasteiger charge is -2.12. The molecule has 0 fully saturated rings. The van der Waals surface area contributed by atoms with Gasteiger partial charge < -0.3 is 21.0 Å². The van der Waals surface area contributed by atoms with Crippen molar-refractivity contribution in [1.29, 1.82) is 5.41 Å². The van der Waals surface area contributed by atoms with E-state index >= 15 is 4.39 Å². The number of carbonyl (C=O) groups is 2. The molecule has 0 aliphatic rings. The molecule has 1 atom stereocenters. The molecule has 3 aromatic carbocycles. The third-order valence-corrected chi connectivity index (χ3v) is 7.52. The van der Waals surface area contributed by atoms with Gasteiger partial charge in [0.25, 0.3) is 0 Å². The van der Waals surface area contributed by atoms with E-state index in [-0.39, 0.29) is 16.6 Å². The number of hydrogen-bond donors (Lipinski definition) is 5. The van der Waals surface area contributed by atoms with Gasteiger partial charge in [-0.15, -0.1) is 0 Å². The summed E-state index contributed by atoms with van der Waals surface area (Å²) in [4.78, 5) is 31.7. The first-order chi connectivity index (χ1) is 20.6. The Kier molecular flexibility index (Phi) is 8.03. The molecule has 2 aromatic heterocycles. The molecular formula is C29H20F4N6O3S. The van der Waals surface area contributed by atoms with Gasteiger partial charge in [0, 0.05) is 47.7 Å². The molecule has 5 aromatic rings. The van der Waals surface area contributed by atoms with Crippen LogP contribution in [0.5, 0.6) is 0 Å². The largest absolute Gasteiger partial charge is 0.345 e. The first-order valence-corrected chi connectivity index (χ1v) is 13.5. The molecule has 5 rings (SSSR count). The van der Waals surface area contributed by atoms with Gasteiger partial charge in [-0.1, -0.05) is 6.07 Å². The summed E-state index contributed by atoms with van der Waals surface area (Å²) in [5.74, 6) is -5.54. The summed E-state index contributed by atoms with van der Waals surface area (Å²) in [6.45, 7) is 0. The average Bonchev–Trinajstić information content (AvgIpc) is 3.43. The van der Waals surface area contributed by atoms with E-state index in [0.717, 1.165) is 30.5 Å². The Balaban J connectivity index is 1.50. The van der Waals surface area contributed by atoms with Crippen LogP contribution >= 0.6 is 0 Å². The van der Waals surface area contributed by atoms with Gasteiger partial charge in [0.15, 0.2) is 16.8 Å². The van der Waals surface area contributed by atoms with Gasteiger partial charge in [0.05, 0.1) is 21.8 Å². The predicted molar refractivity (Wildman–Crippen MR) is 154 cm³/mol. The van der Waals surface area contributed by atoms with E-state index in [4.69, 9.17) is 5.41 Å². The van der Waals surface area contributed by atoms with Crippen molar-refractivity contribution in [2.45, 2.75) is 4.90 Å². The Morgan fingerprint density at radius 1 is 0.953 bits per heavy atom. The van der Waals surface area contributed by atoms with Crippen molar-refractivity contribution in [3.63, 3.8) is 0 Å². The van der Waals surface area contributed by atoms with Crippen LogP contribution in [0, 0.1) is 28.7 Å². The van der Waals surface area contributed by atoms with Gasteiger partial charge in [0.1, 0.15) is 23.1 Å². The highest BCUT2D eigenvalue weighted by Gasteiger charge is 2.26. The van der Waals surface area contributed by atoms with Crippen molar-refractivity contribution in [2.24, 2.45) is 0 Å². The van der Waals surface area contributed by atoms with Crippen LogP contribution in [0.25, 0.3) is 22.2 Å². The number of urea groups is 1. The van der Waals surface area contributed by atoms with Crippen LogP contribution < -0.4 is 15.4 Å². The maximum Gasteiger partial charge on any atom is 0.318 e. The summed E-state index contributed by atoms with van der Waals surface area (Å²) >= 11 is 0. The SMILES string of the molecule is CNC(=O)Nc1ccc(-c2cnc3[nH]cc(C(=O)c4c(F)ccc(NS(=O)c5cc(F)ccc5F)c4F)c3c2)cc1C=N. The van der Waals surface area contributed by atoms with Crippen molar-refractivity contribution in [1.82, 2.24) is 15.3 Å². The lowest BCUT2D eigenvalue weighted by molar-refractivity contribution is 0.103. The third kappa shape index (κ3) is 5.72. The van der Waals surface area contributed by atoms with Crippen LogP contribution in [0.3, 0.4) is 0 Å². The molecule has 0 aliphatic carbocycles. The highest BCUT2D eigenvalue weighted by Crippen LogP contribution is 2.31. The number of amides is 2. The molecule has 0 radical (unpaired) electrons. The number of aromatic amines is 1. The normalized spacial score (nSPS) is 11.7. The van der Waals surface area contributed by atoms with Crippen LogP contribution in [0.4, 0.5) is 33.7 Å². The summed E-state index contributed by atoms with van der Waals surface area (Å²) in [7, 11) is -1.04. The summed E-state index contributed by atoms with van der Waals surface area (Å²) in [5, 5.41) is 13.0. The molecule has 2 heterocycles. The summed E-state index contributed by atoms with van der Waals surface area (Å²) in [6.07, 6.45) is 3.78. The molecule has 218 valence electrons. The fourth-order valence-corrected chi connectivity index (χ4v) is 5.19. The minimum absolute atomic E-state index is 0.123. The molecule has 14 heteroatoms. The second-order valence-corrected chi connectivity index (χ2v) is 10.2. The number of pyridine rings is 1. The average molecular weight is 609 g/mol. The van der Waals surface area contributed by atoms with Crippen molar-refractivity contribution in [2.75, 3.05) is 17.1 Å². The van der Waals surface area contributed by atoms with Crippen LogP contribution in [-0.2, 0) is 11.0 Å². The molecule has 9 nitrogen and oxygen atoms in total. The standard InChI is InChI=1S/C29H20F4N6O3S/c1-35-29(41)38-22-6-2-14(8-15(22)11-34)16-9-18-19(13-37-28(18)36-12-16)27(40)25-21(32)5-7-23(26(25)33)39-43(42)24-10-17(30)3-4-20(24)31/h2-13,34,39H,1H3,(H,36,37)(H2,35,38,41). The Bertz CT molecular complexity index is 1960. The zero-order chi connectivity index (χ0) is 30.8. The number of carbonyl (C=O) groups excluding carboxylic acids is 2. The lowest BCUT2D eigenvalue weighted by atomic mass is 9.99. The maximum absolute atomic E-state index is 15.5. The highest BCUT2D eigenvalue weighted by molar-refractivity contribution is 7.86. The minimum Gasteiger partial charge on any atom is -0.345 e. The summed E-state index contributed by atoms with van der Waals surface area (Å²) in [6, 6.07) is 9.86. The number of H-pyrrole nitrogens is 1. The number of aromatic nitrogens is 2. The van der Waals surface area contributed by atoms with Crippen molar-refractivity contribution in [3.8, 4) is 11.1 Å². The Morgan fingerprint density at radius 2 is 1.70 bits per heavy atom. The van der Waals surface area contributed by atoms with E-state index in [0.29, 0.717) is 28.4 Å². The molecule has 0 saturated carbocycles. The molecule has 1 unspecified atom stereocenters. The van der Waals surface area contributed by atoms with Gasteiger partial charge in [-0.25, -0.2) is 31.5 Å². The molecule has 0 saturated heterocycles. The number of halogens is 4. The monoisotopic (exact) mass is 608 g/mol. The number of hydrogen-bond acceptors (Lipinski definition) is 5. The maximum atomic E-state index is 15.5. The number of fused-ring (bicyclic) bond motifs is 1. The van der Waals surface area contributed by atoms with E-state index < -0.39 is 62.2 Å². The van der Waals surface area contributed by atoms with E-state index in [1.54, 1.807) is 24.3 Å². The second kappa shape index (κ2) is 11.9. The van der Waals surface area contributed by atoms with E-state index in [2.05, 4.69) is 25.3 Å². The molecular weight excluding hydrogens is 588 g/mol. The van der Waals surface area contributed by atoms with Crippen LogP contribution in [-0.4, -0.2) is 39.3 Å². The zero-order valence-corrected chi connectivity index (χ0v) is 22.8. The van der Waals surface area contributed by atoms with E-state index in [1.807, 2.05) is 0 Å². The second-order valence-electron chi connectivity index (χ2n) is 9.03. The fraction of sp³-hybridized carbons (Fsp3) is 0.0345. The van der Waals surface area contributed by atoms with Crippen LogP contribution in [0.2, 0.25) is 0 Å². The van der Waals surface area contributed by atoms with Gasteiger partial charge in [-0.05, 0) is 54.1 Å². The van der Waals surface area contributed by atoms with Gasteiger partial charge in [0.2, 0.25) is 5.78 Å². The number of ketones is 1. The first kappa shape index (κ1) is 29.1. The van der Waals surface area contributed by atoms with Gasteiger partial charge in [-0.3, -0.25) is 9.52 Å². The number of rotatable bonds is 8. The topological polar surface area (TPSA) is 140 Å². The highest BCUT2D eigenvalue weighted by atomic mass is 32.2. The summed E-state index contributed by atoms with van der Waals surface area (Å²) < 4.78 is 72.8. The molecule has 5 N–H and O–H groups in total. The fourth-order valence-electron chi connectivity index (χ4n) is 4.26. The molecule has 43 heavy (non-hydrogen) atoms. The quantitative estimate of drug-likeness (QED) is 0.0850. The van der Waals surface area contributed by atoms with Crippen LogP contribution in [0.1, 0.15) is 21.5 Å². The Hall–Kier alpha value is -5.37. The van der Waals surface area contributed by atoms with Gasteiger partial charge in [-0.2, -0.15) is 0 Å². The van der Waals surface area contributed by atoms with Crippen molar-refractivity contribution >= 4 is 51.4 Å². The first-order valence-electron chi connectivity index (χ1n) is 12.4. The van der Waals surface area contributed by atoms with Gasteiger partial charge >= 0.3 is 6.03 Å². The lowest BCUT2D eigenvalue weighted by Crippen LogP contribution is -2.25. The van der Waals surface area contributed by atoms with Crippen molar-refractivity contribution < 1.29 is 31.4 Å². The number of nitrogens with one attached hydrogen (secondary N) is 5. The number of benzene rings is 3. The zero-order valence-electron chi connectivity index (χ0n) is 22.0. The predicted octanol–water partition coefficient (Wildman–Crippen LogP) is 5.90. The van der Waals surface area contributed by atoms with E-state index in [1.165, 1.54) is 19.4 Å². The van der Waals surface area contributed by atoms with Crippen molar-refractivity contribution in [3.05, 3.63) is 107 Å². The van der Waals surface area contributed by atoms with Crippen LogP contribution in [0.15, 0.2) is 71.9 Å². The third-order valence-electron chi connectivity index (χ3n) is 6.41. The number of anilines is 2. The Morgan fingerprint density at radius 3 is 2.44 bits per heavy atom.